The second-order valence-electron chi connectivity index (χ2n) is 3.68. The Morgan fingerprint density at radius 1 is 1.28 bits per heavy atom. The van der Waals surface area contributed by atoms with Crippen molar-refractivity contribution in [1.29, 1.82) is 0 Å². The minimum absolute atomic E-state index is 0.226. The van der Waals surface area contributed by atoms with Crippen LogP contribution in [0.4, 0.5) is 10.1 Å². The second-order valence-corrected chi connectivity index (χ2v) is 4.91. The molecule has 0 aliphatic heterocycles. The molecule has 0 radical (unpaired) electrons. The summed E-state index contributed by atoms with van der Waals surface area (Å²) in [7, 11) is 0. The first-order valence-corrected chi connectivity index (χ1v) is 6.35. The van der Waals surface area contributed by atoms with Crippen LogP contribution in [0.1, 0.15) is 5.56 Å². The zero-order chi connectivity index (χ0) is 13.1. The standard InChI is InChI=1S/C13H10BrClFNO/c14-13-8(2-1-3-10(13)16)7-18-12-5-4-9(15)6-11(12)17/h1-6H,7,17H2. The number of ether oxygens (including phenoxy) is 1. The third-order valence-corrected chi connectivity index (χ3v) is 3.51. The molecule has 0 saturated carbocycles. The zero-order valence-corrected chi connectivity index (χ0v) is 11.6. The van der Waals surface area contributed by atoms with E-state index in [-0.39, 0.29) is 12.4 Å². The third-order valence-electron chi connectivity index (χ3n) is 2.39. The lowest BCUT2D eigenvalue weighted by Gasteiger charge is -2.10. The third kappa shape index (κ3) is 2.94. The molecule has 2 aromatic rings. The zero-order valence-electron chi connectivity index (χ0n) is 9.29. The van der Waals surface area contributed by atoms with Gasteiger partial charge in [-0.15, -0.1) is 0 Å². The Kier molecular flexibility index (Phi) is 4.09. The Morgan fingerprint density at radius 2 is 2.06 bits per heavy atom. The summed E-state index contributed by atoms with van der Waals surface area (Å²) in [6.07, 6.45) is 0. The van der Waals surface area contributed by atoms with Crippen LogP contribution in [0.15, 0.2) is 40.9 Å². The Hall–Kier alpha value is -1.26. The summed E-state index contributed by atoms with van der Waals surface area (Å²) < 4.78 is 19.2. The Morgan fingerprint density at radius 3 is 2.78 bits per heavy atom. The van der Waals surface area contributed by atoms with E-state index in [0.717, 1.165) is 0 Å². The van der Waals surface area contributed by atoms with E-state index < -0.39 is 0 Å². The monoisotopic (exact) mass is 329 g/mol. The first-order chi connectivity index (χ1) is 8.58. The summed E-state index contributed by atoms with van der Waals surface area (Å²) in [5.74, 6) is 0.204. The average Bonchev–Trinajstić information content (AvgIpc) is 2.33. The lowest BCUT2D eigenvalue weighted by molar-refractivity contribution is 0.306. The molecule has 18 heavy (non-hydrogen) atoms. The highest BCUT2D eigenvalue weighted by Gasteiger charge is 2.07. The van der Waals surface area contributed by atoms with Crippen molar-refractivity contribution in [2.45, 2.75) is 6.61 Å². The number of hydrogen-bond donors (Lipinski definition) is 1. The number of halogens is 3. The van der Waals surface area contributed by atoms with E-state index in [9.17, 15) is 4.39 Å². The van der Waals surface area contributed by atoms with Crippen molar-refractivity contribution in [2.24, 2.45) is 0 Å². The van der Waals surface area contributed by atoms with Crippen LogP contribution in [0.5, 0.6) is 5.75 Å². The van der Waals surface area contributed by atoms with E-state index in [1.165, 1.54) is 6.07 Å². The maximum absolute atomic E-state index is 13.3. The predicted octanol–water partition coefficient (Wildman–Crippen LogP) is 4.40. The van der Waals surface area contributed by atoms with E-state index in [1.807, 2.05) is 0 Å². The number of anilines is 1. The van der Waals surface area contributed by atoms with Gasteiger partial charge in [0.1, 0.15) is 18.2 Å². The maximum Gasteiger partial charge on any atom is 0.142 e. The van der Waals surface area contributed by atoms with E-state index in [4.69, 9.17) is 22.1 Å². The molecule has 0 saturated heterocycles. The fourth-order valence-electron chi connectivity index (χ4n) is 1.47. The van der Waals surface area contributed by atoms with E-state index in [1.54, 1.807) is 30.3 Å². The summed E-state index contributed by atoms with van der Waals surface area (Å²) in [5.41, 5.74) is 6.92. The van der Waals surface area contributed by atoms with Gasteiger partial charge in [-0.2, -0.15) is 0 Å². The average molecular weight is 331 g/mol. The molecule has 2 nitrogen and oxygen atoms in total. The van der Waals surface area contributed by atoms with Gasteiger partial charge in [0.05, 0.1) is 10.2 Å². The first kappa shape index (κ1) is 13.2. The molecule has 2 N–H and O–H groups in total. The highest BCUT2D eigenvalue weighted by atomic mass is 79.9. The molecule has 0 fully saturated rings. The van der Waals surface area contributed by atoms with Crippen molar-refractivity contribution in [3.05, 3.63) is 57.3 Å². The van der Waals surface area contributed by atoms with Crippen molar-refractivity contribution in [3.8, 4) is 5.75 Å². The largest absolute Gasteiger partial charge is 0.487 e. The number of rotatable bonds is 3. The molecule has 2 rings (SSSR count). The van der Waals surface area contributed by atoms with Gasteiger partial charge in [-0.1, -0.05) is 23.7 Å². The normalized spacial score (nSPS) is 10.4. The molecule has 0 heterocycles. The minimum Gasteiger partial charge on any atom is -0.487 e. The molecule has 0 atom stereocenters. The van der Waals surface area contributed by atoms with Gasteiger partial charge in [0.15, 0.2) is 0 Å². The Labute approximate surface area is 118 Å². The quantitative estimate of drug-likeness (QED) is 0.846. The van der Waals surface area contributed by atoms with Gasteiger partial charge < -0.3 is 10.5 Å². The van der Waals surface area contributed by atoms with Crippen molar-refractivity contribution in [1.82, 2.24) is 0 Å². The molecule has 0 aromatic heterocycles. The van der Waals surface area contributed by atoms with Crippen LogP contribution in [0.2, 0.25) is 5.02 Å². The van der Waals surface area contributed by atoms with Gasteiger partial charge >= 0.3 is 0 Å². The van der Waals surface area contributed by atoms with Crippen LogP contribution in [-0.4, -0.2) is 0 Å². The molecular formula is C13H10BrClFNO. The molecule has 2 aromatic carbocycles. The summed E-state index contributed by atoms with van der Waals surface area (Å²) in [4.78, 5) is 0. The fraction of sp³-hybridized carbons (Fsp3) is 0.0769. The van der Waals surface area contributed by atoms with E-state index in [0.29, 0.717) is 26.5 Å². The molecule has 0 aliphatic rings. The van der Waals surface area contributed by atoms with Crippen molar-refractivity contribution in [3.63, 3.8) is 0 Å². The summed E-state index contributed by atoms with van der Waals surface area (Å²) in [6.45, 7) is 0.226. The highest BCUT2D eigenvalue weighted by Crippen LogP contribution is 2.27. The Balaban J connectivity index is 2.14. The molecule has 0 amide bonds. The van der Waals surface area contributed by atoms with Crippen LogP contribution >= 0.6 is 27.5 Å². The predicted molar refractivity (Wildman–Crippen MR) is 74.3 cm³/mol. The van der Waals surface area contributed by atoms with Gasteiger partial charge in [-0.3, -0.25) is 0 Å². The molecule has 0 aliphatic carbocycles. The molecule has 0 unspecified atom stereocenters. The van der Waals surface area contributed by atoms with Gasteiger partial charge in [-0.05, 0) is 40.2 Å². The van der Waals surface area contributed by atoms with Crippen LogP contribution in [-0.2, 0) is 6.61 Å². The van der Waals surface area contributed by atoms with Crippen LogP contribution in [0.3, 0.4) is 0 Å². The van der Waals surface area contributed by atoms with Gasteiger partial charge in [0.25, 0.3) is 0 Å². The molecule has 0 spiro atoms. The SMILES string of the molecule is Nc1cc(Cl)ccc1OCc1cccc(F)c1Br. The number of hydrogen-bond acceptors (Lipinski definition) is 2. The molecule has 94 valence electrons. The minimum atomic E-state index is -0.319. The molecular weight excluding hydrogens is 321 g/mol. The van der Waals surface area contributed by atoms with Gasteiger partial charge in [-0.25, -0.2) is 4.39 Å². The van der Waals surface area contributed by atoms with E-state index >= 15 is 0 Å². The van der Waals surface area contributed by atoms with Gasteiger partial charge in [0, 0.05) is 10.6 Å². The summed E-state index contributed by atoms with van der Waals surface area (Å²) in [6, 6.07) is 9.77. The van der Waals surface area contributed by atoms with Crippen LogP contribution in [0, 0.1) is 5.82 Å². The number of nitrogen functional groups attached to an aromatic ring is 1. The first-order valence-electron chi connectivity index (χ1n) is 5.18. The summed E-state index contributed by atoms with van der Waals surface area (Å²) in [5, 5.41) is 0.548. The maximum atomic E-state index is 13.3. The van der Waals surface area contributed by atoms with Gasteiger partial charge in [0.2, 0.25) is 0 Å². The summed E-state index contributed by atoms with van der Waals surface area (Å²) >= 11 is 8.96. The lowest BCUT2D eigenvalue weighted by atomic mass is 10.2. The topological polar surface area (TPSA) is 35.2 Å². The number of benzene rings is 2. The number of nitrogens with two attached hydrogens (primary N) is 1. The van der Waals surface area contributed by atoms with Crippen LogP contribution < -0.4 is 10.5 Å². The highest BCUT2D eigenvalue weighted by molar-refractivity contribution is 9.10. The molecule has 0 bridgehead atoms. The smallest absolute Gasteiger partial charge is 0.142 e. The fourth-order valence-corrected chi connectivity index (χ4v) is 2.03. The van der Waals surface area contributed by atoms with Crippen molar-refractivity contribution in [2.75, 3.05) is 5.73 Å². The second kappa shape index (κ2) is 5.59. The lowest BCUT2D eigenvalue weighted by Crippen LogP contribution is -2.00. The van der Waals surface area contributed by atoms with Crippen molar-refractivity contribution < 1.29 is 9.13 Å². The Bertz CT molecular complexity index is 577. The van der Waals surface area contributed by atoms with E-state index in [2.05, 4.69) is 15.9 Å². The van der Waals surface area contributed by atoms with Crippen molar-refractivity contribution >= 4 is 33.2 Å². The molecule has 5 heteroatoms. The van der Waals surface area contributed by atoms with Crippen LogP contribution in [0.25, 0.3) is 0 Å².